The van der Waals surface area contributed by atoms with E-state index in [4.69, 9.17) is 4.74 Å². The van der Waals surface area contributed by atoms with E-state index in [0.717, 1.165) is 6.42 Å². The predicted octanol–water partition coefficient (Wildman–Crippen LogP) is 2.21. The second-order valence-corrected chi connectivity index (χ2v) is 3.70. The van der Waals surface area contributed by atoms with Gasteiger partial charge in [0.15, 0.2) is 0 Å². The Labute approximate surface area is 87.7 Å². The molecule has 2 nitrogen and oxygen atoms in total. The van der Waals surface area contributed by atoms with Crippen molar-refractivity contribution < 1.29 is 9.84 Å². The van der Waals surface area contributed by atoms with Gasteiger partial charge in [0.1, 0.15) is 0 Å². The Hall–Kier alpha value is -0.520. The summed E-state index contributed by atoms with van der Waals surface area (Å²) in [7, 11) is 0. The van der Waals surface area contributed by atoms with Gasteiger partial charge in [-0.2, -0.15) is 0 Å². The molecule has 1 N–H and O–H groups in total. The Morgan fingerprint density at radius 3 is 2.43 bits per heavy atom. The summed E-state index contributed by atoms with van der Waals surface area (Å²) < 4.78 is 5.50. The van der Waals surface area contributed by atoms with E-state index in [-0.39, 0.29) is 6.10 Å². The lowest BCUT2D eigenvalue weighted by molar-refractivity contribution is -0.0589. The van der Waals surface area contributed by atoms with E-state index >= 15 is 0 Å². The van der Waals surface area contributed by atoms with Crippen molar-refractivity contribution in [3.05, 3.63) is 0 Å². The van der Waals surface area contributed by atoms with Gasteiger partial charge in [-0.25, -0.2) is 0 Å². The first-order valence-electron chi connectivity index (χ1n) is 5.32. The van der Waals surface area contributed by atoms with Crippen LogP contribution in [0.15, 0.2) is 0 Å². The maximum atomic E-state index is 9.84. The molecule has 82 valence electrons. The minimum atomic E-state index is -0.393. The van der Waals surface area contributed by atoms with Gasteiger partial charge in [0.25, 0.3) is 0 Å². The molecule has 0 saturated heterocycles. The molecule has 0 radical (unpaired) electrons. The lowest BCUT2D eigenvalue weighted by Gasteiger charge is -2.25. The molecule has 2 heteroatoms. The van der Waals surface area contributed by atoms with Gasteiger partial charge in [-0.3, -0.25) is 0 Å². The Kier molecular flexibility index (Phi) is 7.55. The summed E-state index contributed by atoms with van der Waals surface area (Å²) in [5.74, 6) is 6.12. The molecule has 0 bridgehead atoms. The van der Waals surface area contributed by atoms with Crippen LogP contribution in [0.5, 0.6) is 0 Å². The van der Waals surface area contributed by atoms with E-state index in [1.807, 2.05) is 13.8 Å². The minimum absolute atomic E-state index is 0.0568. The van der Waals surface area contributed by atoms with Crippen LogP contribution >= 0.6 is 0 Å². The predicted molar refractivity (Wildman–Crippen MR) is 58.9 cm³/mol. The summed E-state index contributed by atoms with van der Waals surface area (Å²) in [5.41, 5.74) is 0. The average Bonchev–Trinajstić information content (AvgIpc) is 2.13. The summed E-state index contributed by atoms with van der Waals surface area (Å²) in [4.78, 5) is 0. The number of aliphatic hydroxyl groups excluding tert-OH is 1. The van der Waals surface area contributed by atoms with Crippen LogP contribution in [-0.4, -0.2) is 23.9 Å². The molecule has 0 aliphatic carbocycles. The van der Waals surface area contributed by atoms with E-state index in [9.17, 15) is 5.11 Å². The van der Waals surface area contributed by atoms with Crippen LogP contribution in [0.4, 0.5) is 0 Å². The van der Waals surface area contributed by atoms with Gasteiger partial charge in [0.2, 0.25) is 0 Å². The molecule has 0 amide bonds. The maximum absolute atomic E-state index is 9.84. The highest BCUT2D eigenvalue weighted by atomic mass is 16.5. The largest absolute Gasteiger partial charge is 0.390 e. The lowest BCUT2D eigenvalue weighted by atomic mass is 9.98. The molecular weight excluding hydrogens is 176 g/mol. The van der Waals surface area contributed by atoms with Gasteiger partial charge in [0, 0.05) is 13.0 Å². The number of ether oxygens (including phenoxy) is 1. The second kappa shape index (κ2) is 7.84. The van der Waals surface area contributed by atoms with Gasteiger partial charge in [-0.15, -0.1) is 11.8 Å². The van der Waals surface area contributed by atoms with Crippen LogP contribution in [0.25, 0.3) is 0 Å². The molecule has 0 aromatic heterocycles. The van der Waals surface area contributed by atoms with Crippen molar-refractivity contribution in [2.24, 2.45) is 5.92 Å². The Bertz CT molecular complexity index is 188. The number of rotatable bonds is 6. The molecule has 0 aromatic rings. The Morgan fingerprint density at radius 1 is 1.36 bits per heavy atom. The molecule has 0 aliphatic heterocycles. The Morgan fingerprint density at radius 2 is 2.00 bits per heavy atom. The highest BCUT2D eigenvalue weighted by Gasteiger charge is 2.22. The minimum Gasteiger partial charge on any atom is -0.390 e. The van der Waals surface area contributed by atoms with Crippen LogP contribution in [0.2, 0.25) is 0 Å². The van der Waals surface area contributed by atoms with Crippen LogP contribution < -0.4 is 0 Å². The molecule has 0 aromatic carbocycles. The fourth-order valence-electron chi connectivity index (χ4n) is 1.45. The van der Waals surface area contributed by atoms with Crippen molar-refractivity contribution in [3.63, 3.8) is 0 Å². The van der Waals surface area contributed by atoms with Crippen LogP contribution in [0, 0.1) is 17.8 Å². The first kappa shape index (κ1) is 13.5. The molecule has 0 saturated carbocycles. The molecule has 0 aliphatic rings. The molecule has 0 heterocycles. The molecule has 0 spiro atoms. The zero-order valence-electron chi connectivity index (χ0n) is 9.71. The highest BCUT2D eigenvalue weighted by Crippen LogP contribution is 2.14. The van der Waals surface area contributed by atoms with Crippen molar-refractivity contribution >= 4 is 0 Å². The number of hydrogen-bond acceptors (Lipinski definition) is 2. The third-order valence-electron chi connectivity index (χ3n) is 2.14. The zero-order valence-corrected chi connectivity index (χ0v) is 9.71. The van der Waals surface area contributed by atoms with E-state index < -0.39 is 6.10 Å². The summed E-state index contributed by atoms with van der Waals surface area (Å²) in [6, 6.07) is 0. The van der Waals surface area contributed by atoms with Gasteiger partial charge in [-0.05, 0) is 26.2 Å². The SMILES string of the molecule is CC#CCCC(O)C(OCC)C(C)C. The molecule has 14 heavy (non-hydrogen) atoms. The fourth-order valence-corrected chi connectivity index (χ4v) is 1.45. The van der Waals surface area contributed by atoms with Crippen LogP contribution in [-0.2, 0) is 4.74 Å². The van der Waals surface area contributed by atoms with Crippen molar-refractivity contribution in [2.75, 3.05) is 6.61 Å². The van der Waals surface area contributed by atoms with Gasteiger partial charge in [0.05, 0.1) is 12.2 Å². The van der Waals surface area contributed by atoms with Gasteiger partial charge < -0.3 is 9.84 Å². The van der Waals surface area contributed by atoms with E-state index in [0.29, 0.717) is 18.9 Å². The molecule has 0 fully saturated rings. The van der Waals surface area contributed by atoms with Crippen molar-refractivity contribution in [2.45, 2.75) is 52.7 Å². The van der Waals surface area contributed by atoms with Crippen LogP contribution in [0.1, 0.15) is 40.5 Å². The summed E-state index contributed by atoms with van der Waals surface area (Å²) in [6.07, 6.45) is 0.993. The van der Waals surface area contributed by atoms with E-state index in [1.165, 1.54) is 0 Å². The normalized spacial score (nSPS) is 14.7. The molecule has 2 unspecified atom stereocenters. The standard InChI is InChI=1S/C12H22O2/c1-5-7-8-9-11(13)12(10(3)4)14-6-2/h10-13H,6,8-9H2,1-4H3. The van der Waals surface area contributed by atoms with Gasteiger partial charge in [-0.1, -0.05) is 13.8 Å². The van der Waals surface area contributed by atoms with Crippen molar-refractivity contribution in [1.29, 1.82) is 0 Å². The quantitative estimate of drug-likeness (QED) is 0.663. The number of aliphatic hydroxyl groups is 1. The molecule has 0 rings (SSSR count). The van der Waals surface area contributed by atoms with Crippen molar-refractivity contribution in [1.82, 2.24) is 0 Å². The summed E-state index contributed by atoms with van der Waals surface area (Å²) in [6.45, 7) is 8.55. The van der Waals surface area contributed by atoms with Gasteiger partial charge >= 0.3 is 0 Å². The van der Waals surface area contributed by atoms with E-state index in [2.05, 4.69) is 25.7 Å². The first-order chi connectivity index (χ1) is 6.63. The third-order valence-corrected chi connectivity index (χ3v) is 2.14. The summed E-state index contributed by atoms with van der Waals surface area (Å²) in [5, 5.41) is 9.84. The maximum Gasteiger partial charge on any atom is 0.0856 e. The molecular formula is C12H22O2. The van der Waals surface area contributed by atoms with E-state index in [1.54, 1.807) is 0 Å². The topological polar surface area (TPSA) is 29.5 Å². The number of hydrogen-bond donors (Lipinski definition) is 1. The average molecular weight is 198 g/mol. The second-order valence-electron chi connectivity index (χ2n) is 3.70. The third kappa shape index (κ3) is 5.26. The smallest absolute Gasteiger partial charge is 0.0856 e. The van der Waals surface area contributed by atoms with Crippen LogP contribution in [0.3, 0.4) is 0 Å². The fraction of sp³-hybridized carbons (Fsp3) is 0.833. The highest BCUT2D eigenvalue weighted by molar-refractivity contribution is 4.95. The zero-order chi connectivity index (χ0) is 11.0. The summed E-state index contributed by atoms with van der Waals surface area (Å²) >= 11 is 0. The first-order valence-corrected chi connectivity index (χ1v) is 5.32. The molecule has 2 atom stereocenters. The Balaban J connectivity index is 3.98. The monoisotopic (exact) mass is 198 g/mol. The van der Waals surface area contributed by atoms with Crippen molar-refractivity contribution in [3.8, 4) is 11.8 Å². The lowest BCUT2D eigenvalue weighted by Crippen LogP contribution is -2.33.